The fourth-order valence-corrected chi connectivity index (χ4v) is 3.09. The van der Waals surface area contributed by atoms with Gasteiger partial charge in [0.25, 0.3) is 5.89 Å². The molecule has 8 nitrogen and oxygen atoms in total. The third-order valence-electron chi connectivity index (χ3n) is 4.77. The average molecular weight is 407 g/mol. The number of carbonyl (C=O) groups excluding carboxylic acids is 1. The standard InChI is InChI=1S/C22H21N3O5/c1-14(2)15-7-9-16(10-8-15)21-23-19(30-24-21)13-28-20(26)11-12-25-17-5-3-4-6-18(17)29-22(25)27/h3-10,14H,11-13H2,1-2H3. The van der Waals surface area contributed by atoms with Gasteiger partial charge in [0.15, 0.2) is 12.2 Å². The summed E-state index contributed by atoms with van der Waals surface area (Å²) >= 11 is 0. The van der Waals surface area contributed by atoms with E-state index in [-0.39, 0.29) is 25.5 Å². The first-order valence-electron chi connectivity index (χ1n) is 9.68. The number of aromatic nitrogens is 3. The molecule has 0 unspecified atom stereocenters. The number of ether oxygens (including phenoxy) is 1. The largest absolute Gasteiger partial charge is 0.456 e. The minimum Gasteiger partial charge on any atom is -0.456 e. The monoisotopic (exact) mass is 407 g/mol. The zero-order chi connectivity index (χ0) is 21.1. The van der Waals surface area contributed by atoms with Crippen molar-refractivity contribution in [3.05, 3.63) is 70.5 Å². The van der Waals surface area contributed by atoms with Gasteiger partial charge in [0.2, 0.25) is 5.82 Å². The van der Waals surface area contributed by atoms with Crippen LogP contribution >= 0.6 is 0 Å². The van der Waals surface area contributed by atoms with Crippen molar-refractivity contribution in [1.82, 2.24) is 14.7 Å². The number of benzene rings is 2. The first-order valence-corrected chi connectivity index (χ1v) is 9.68. The van der Waals surface area contributed by atoms with E-state index in [1.54, 1.807) is 24.3 Å². The molecule has 0 aliphatic carbocycles. The lowest BCUT2D eigenvalue weighted by molar-refractivity contribution is -0.146. The molecular weight excluding hydrogens is 386 g/mol. The number of rotatable bonds is 7. The quantitative estimate of drug-likeness (QED) is 0.428. The number of carbonyl (C=O) groups is 1. The van der Waals surface area contributed by atoms with Crippen LogP contribution in [0.25, 0.3) is 22.5 Å². The van der Waals surface area contributed by atoms with Gasteiger partial charge in [-0.05, 0) is 23.6 Å². The number of para-hydroxylation sites is 2. The Morgan fingerprint density at radius 3 is 2.67 bits per heavy atom. The van der Waals surface area contributed by atoms with Gasteiger partial charge in [0, 0.05) is 12.1 Å². The van der Waals surface area contributed by atoms with Crippen LogP contribution in [0.5, 0.6) is 0 Å². The molecule has 2 heterocycles. The van der Waals surface area contributed by atoms with Gasteiger partial charge in [-0.3, -0.25) is 9.36 Å². The maximum atomic E-state index is 12.1. The predicted octanol–water partition coefficient (Wildman–Crippen LogP) is 3.90. The van der Waals surface area contributed by atoms with Crippen LogP contribution in [0, 0.1) is 0 Å². The van der Waals surface area contributed by atoms with Crippen molar-refractivity contribution < 1.29 is 18.5 Å². The van der Waals surface area contributed by atoms with Gasteiger partial charge >= 0.3 is 11.7 Å². The maximum Gasteiger partial charge on any atom is 0.419 e. The van der Waals surface area contributed by atoms with Crippen LogP contribution in [0.1, 0.15) is 37.6 Å². The van der Waals surface area contributed by atoms with E-state index in [0.29, 0.717) is 22.8 Å². The second-order valence-corrected chi connectivity index (χ2v) is 7.19. The Morgan fingerprint density at radius 2 is 1.90 bits per heavy atom. The third-order valence-corrected chi connectivity index (χ3v) is 4.77. The van der Waals surface area contributed by atoms with Crippen molar-refractivity contribution in [3.63, 3.8) is 0 Å². The highest BCUT2D eigenvalue weighted by Crippen LogP contribution is 2.20. The van der Waals surface area contributed by atoms with E-state index in [1.165, 1.54) is 10.1 Å². The molecule has 0 aliphatic heterocycles. The van der Waals surface area contributed by atoms with Gasteiger partial charge in [0.05, 0.1) is 11.9 Å². The number of hydrogen-bond donors (Lipinski definition) is 0. The van der Waals surface area contributed by atoms with Crippen LogP contribution in [0.4, 0.5) is 0 Å². The van der Waals surface area contributed by atoms with Crippen molar-refractivity contribution in [1.29, 1.82) is 0 Å². The van der Waals surface area contributed by atoms with Crippen LogP contribution in [0.3, 0.4) is 0 Å². The van der Waals surface area contributed by atoms with Gasteiger partial charge in [-0.15, -0.1) is 0 Å². The molecule has 0 fully saturated rings. The normalized spacial score (nSPS) is 11.3. The molecular formula is C22H21N3O5. The Labute approximate surface area is 172 Å². The molecule has 8 heteroatoms. The van der Waals surface area contributed by atoms with Crippen LogP contribution in [0.2, 0.25) is 0 Å². The number of esters is 1. The Hall–Kier alpha value is -3.68. The third kappa shape index (κ3) is 4.17. The Kier molecular flexibility index (Phi) is 5.47. The topological polar surface area (TPSA) is 100 Å². The number of aryl methyl sites for hydroxylation is 1. The Balaban J connectivity index is 1.33. The molecule has 0 aliphatic rings. The molecule has 0 atom stereocenters. The van der Waals surface area contributed by atoms with E-state index in [9.17, 15) is 9.59 Å². The van der Waals surface area contributed by atoms with Gasteiger partial charge in [-0.1, -0.05) is 55.4 Å². The van der Waals surface area contributed by atoms with E-state index in [2.05, 4.69) is 24.0 Å². The molecule has 2 aromatic heterocycles. The van der Waals surface area contributed by atoms with Crippen molar-refractivity contribution >= 4 is 17.1 Å². The van der Waals surface area contributed by atoms with Gasteiger partial charge < -0.3 is 13.7 Å². The van der Waals surface area contributed by atoms with Gasteiger partial charge in [0.1, 0.15) is 0 Å². The first kappa shape index (κ1) is 19.6. The molecule has 4 rings (SSSR count). The predicted molar refractivity (Wildman–Crippen MR) is 109 cm³/mol. The second kappa shape index (κ2) is 8.36. The SMILES string of the molecule is CC(C)c1ccc(-c2noc(COC(=O)CCn3c(=O)oc4ccccc43)n2)cc1. The fourth-order valence-electron chi connectivity index (χ4n) is 3.09. The van der Waals surface area contributed by atoms with Crippen molar-refractivity contribution in [3.8, 4) is 11.4 Å². The molecule has 0 bridgehead atoms. The molecule has 0 saturated carbocycles. The zero-order valence-electron chi connectivity index (χ0n) is 16.7. The van der Waals surface area contributed by atoms with Crippen LogP contribution in [-0.2, 0) is 22.7 Å². The number of fused-ring (bicyclic) bond motifs is 1. The molecule has 154 valence electrons. The molecule has 0 radical (unpaired) electrons. The average Bonchev–Trinajstić information content (AvgIpc) is 3.34. The minimum absolute atomic E-state index is 0.0150. The molecule has 30 heavy (non-hydrogen) atoms. The minimum atomic E-state index is -0.506. The number of oxazole rings is 1. The van der Waals surface area contributed by atoms with Crippen molar-refractivity contribution in [2.24, 2.45) is 0 Å². The molecule has 0 N–H and O–H groups in total. The van der Waals surface area contributed by atoms with E-state index < -0.39 is 11.7 Å². The second-order valence-electron chi connectivity index (χ2n) is 7.19. The molecule has 2 aromatic carbocycles. The molecule has 4 aromatic rings. The Bertz CT molecular complexity index is 1220. The van der Waals surface area contributed by atoms with Crippen LogP contribution in [0.15, 0.2) is 62.3 Å². The lowest BCUT2D eigenvalue weighted by atomic mass is 10.0. The number of hydrogen-bond acceptors (Lipinski definition) is 7. The van der Waals surface area contributed by atoms with E-state index in [4.69, 9.17) is 13.7 Å². The van der Waals surface area contributed by atoms with E-state index in [1.807, 2.05) is 24.3 Å². The zero-order valence-corrected chi connectivity index (χ0v) is 16.7. The summed E-state index contributed by atoms with van der Waals surface area (Å²) in [6, 6.07) is 15.0. The van der Waals surface area contributed by atoms with Crippen LogP contribution < -0.4 is 5.76 Å². The lowest BCUT2D eigenvalue weighted by Gasteiger charge is -2.04. The number of nitrogens with zero attached hydrogens (tertiary/aromatic N) is 3. The van der Waals surface area contributed by atoms with Crippen molar-refractivity contribution in [2.45, 2.75) is 39.3 Å². The van der Waals surface area contributed by atoms with E-state index in [0.717, 1.165) is 5.56 Å². The smallest absolute Gasteiger partial charge is 0.419 e. The molecule has 0 spiro atoms. The highest BCUT2D eigenvalue weighted by Gasteiger charge is 2.14. The summed E-state index contributed by atoms with van der Waals surface area (Å²) in [7, 11) is 0. The Morgan fingerprint density at radius 1 is 1.13 bits per heavy atom. The maximum absolute atomic E-state index is 12.1. The summed E-state index contributed by atoms with van der Waals surface area (Å²) in [6.07, 6.45) is 0.0150. The highest BCUT2D eigenvalue weighted by atomic mass is 16.6. The summed E-state index contributed by atoms with van der Waals surface area (Å²) < 4.78 is 16.9. The highest BCUT2D eigenvalue weighted by molar-refractivity contribution is 5.73. The van der Waals surface area contributed by atoms with Crippen LogP contribution in [-0.4, -0.2) is 20.7 Å². The summed E-state index contributed by atoms with van der Waals surface area (Å²) in [6.45, 7) is 4.28. The summed E-state index contributed by atoms with van der Waals surface area (Å²) in [4.78, 5) is 28.3. The fraction of sp³-hybridized carbons (Fsp3) is 0.273. The molecule has 0 saturated heterocycles. The van der Waals surface area contributed by atoms with Gasteiger partial charge in [-0.2, -0.15) is 4.98 Å². The molecule has 0 amide bonds. The summed E-state index contributed by atoms with van der Waals surface area (Å²) in [5.74, 6) is 0.0995. The first-order chi connectivity index (χ1) is 14.5. The lowest BCUT2D eigenvalue weighted by Crippen LogP contribution is -2.17. The summed E-state index contributed by atoms with van der Waals surface area (Å²) in [5.41, 5.74) is 3.17. The van der Waals surface area contributed by atoms with Gasteiger partial charge in [-0.25, -0.2) is 4.79 Å². The van der Waals surface area contributed by atoms with E-state index >= 15 is 0 Å². The van der Waals surface area contributed by atoms with Crippen molar-refractivity contribution in [2.75, 3.05) is 0 Å². The summed E-state index contributed by atoms with van der Waals surface area (Å²) in [5, 5.41) is 3.94.